The van der Waals surface area contributed by atoms with Crippen molar-refractivity contribution >= 4 is 21.8 Å². The van der Waals surface area contributed by atoms with Crippen LogP contribution in [0, 0.1) is 0 Å². The Morgan fingerprint density at radius 2 is 2.05 bits per heavy atom. The lowest BCUT2D eigenvalue weighted by Crippen LogP contribution is -2.33. The van der Waals surface area contributed by atoms with E-state index in [1.165, 1.54) is 0 Å². The summed E-state index contributed by atoms with van der Waals surface area (Å²) >= 11 is 1.82. The predicted octanol–water partition coefficient (Wildman–Crippen LogP) is 2.91. The van der Waals surface area contributed by atoms with Gasteiger partial charge in [0.25, 0.3) is 0 Å². The second-order valence-electron chi connectivity index (χ2n) is 5.10. The van der Waals surface area contributed by atoms with E-state index in [-0.39, 0.29) is 12.1 Å². The van der Waals surface area contributed by atoms with E-state index in [2.05, 4.69) is 11.6 Å². The van der Waals surface area contributed by atoms with Gasteiger partial charge in [-0.05, 0) is 49.0 Å². The maximum Gasteiger partial charge on any atom is 0.240 e. The van der Waals surface area contributed by atoms with Crippen LogP contribution < -0.4 is 10.5 Å². The van der Waals surface area contributed by atoms with Crippen LogP contribution in [0.4, 0.5) is 0 Å². The Hall–Kier alpha value is -0.560. The fourth-order valence-electron chi connectivity index (χ4n) is 1.94. The van der Waals surface area contributed by atoms with Gasteiger partial charge < -0.3 is 5.73 Å². The van der Waals surface area contributed by atoms with E-state index in [9.17, 15) is 8.42 Å². The third kappa shape index (κ3) is 5.98. The third-order valence-electron chi connectivity index (χ3n) is 3.29. The molecule has 6 heteroatoms. The molecule has 0 saturated heterocycles. The molecule has 1 aromatic carbocycles. The molecule has 1 aromatic rings. The van der Waals surface area contributed by atoms with Crippen molar-refractivity contribution < 1.29 is 8.42 Å². The number of thioether (sulfide) groups is 1. The van der Waals surface area contributed by atoms with Crippen LogP contribution in [-0.4, -0.2) is 26.0 Å². The lowest BCUT2D eigenvalue weighted by Gasteiger charge is -2.15. The SMILES string of the molecule is CCSCCC(C)NS(=O)(=O)c1cccc(C(N)CC)c1. The molecule has 2 unspecified atom stereocenters. The summed E-state index contributed by atoms with van der Waals surface area (Å²) in [4.78, 5) is 0.291. The summed E-state index contributed by atoms with van der Waals surface area (Å²) in [7, 11) is -3.48. The van der Waals surface area contributed by atoms with Crippen molar-refractivity contribution in [2.45, 2.75) is 50.6 Å². The maximum absolute atomic E-state index is 12.4. The van der Waals surface area contributed by atoms with Gasteiger partial charge in [-0.3, -0.25) is 0 Å². The van der Waals surface area contributed by atoms with Crippen LogP contribution in [0.15, 0.2) is 29.2 Å². The van der Waals surface area contributed by atoms with E-state index < -0.39 is 10.0 Å². The number of hydrogen-bond donors (Lipinski definition) is 2. The molecule has 0 bridgehead atoms. The number of benzene rings is 1. The van der Waals surface area contributed by atoms with Gasteiger partial charge in [-0.2, -0.15) is 11.8 Å². The fraction of sp³-hybridized carbons (Fsp3) is 0.600. The molecule has 0 aromatic heterocycles. The van der Waals surface area contributed by atoms with Crippen molar-refractivity contribution in [2.75, 3.05) is 11.5 Å². The molecule has 0 saturated carbocycles. The predicted molar refractivity (Wildman–Crippen MR) is 91.1 cm³/mol. The Kier molecular flexibility index (Phi) is 7.73. The molecule has 0 amide bonds. The van der Waals surface area contributed by atoms with E-state index in [4.69, 9.17) is 5.73 Å². The number of sulfonamides is 1. The number of nitrogens with one attached hydrogen (secondary N) is 1. The highest BCUT2D eigenvalue weighted by atomic mass is 32.2. The minimum Gasteiger partial charge on any atom is -0.324 e. The molecule has 21 heavy (non-hydrogen) atoms. The minimum atomic E-state index is -3.48. The first-order valence-electron chi connectivity index (χ1n) is 7.36. The topological polar surface area (TPSA) is 72.2 Å². The highest BCUT2D eigenvalue weighted by molar-refractivity contribution is 7.99. The van der Waals surface area contributed by atoms with E-state index in [0.717, 1.165) is 29.9 Å². The van der Waals surface area contributed by atoms with Crippen LogP contribution in [-0.2, 0) is 10.0 Å². The highest BCUT2D eigenvalue weighted by Crippen LogP contribution is 2.18. The minimum absolute atomic E-state index is 0.0717. The van der Waals surface area contributed by atoms with E-state index in [1.54, 1.807) is 18.2 Å². The molecule has 0 aliphatic rings. The van der Waals surface area contributed by atoms with Crippen LogP contribution in [0.2, 0.25) is 0 Å². The quantitative estimate of drug-likeness (QED) is 0.683. The van der Waals surface area contributed by atoms with E-state index in [1.807, 2.05) is 31.7 Å². The van der Waals surface area contributed by atoms with Crippen molar-refractivity contribution in [3.05, 3.63) is 29.8 Å². The molecule has 0 aliphatic heterocycles. The lowest BCUT2D eigenvalue weighted by atomic mass is 10.1. The first-order valence-corrected chi connectivity index (χ1v) is 10.00. The van der Waals surface area contributed by atoms with Crippen molar-refractivity contribution in [2.24, 2.45) is 5.73 Å². The lowest BCUT2D eigenvalue weighted by molar-refractivity contribution is 0.556. The Balaban J connectivity index is 2.78. The molecule has 0 heterocycles. The van der Waals surface area contributed by atoms with Gasteiger partial charge in [0.2, 0.25) is 10.0 Å². The Morgan fingerprint density at radius 3 is 2.67 bits per heavy atom. The third-order valence-corrected chi connectivity index (χ3v) is 5.81. The zero-order valence-electron chi connectivity index (χ0n) is 13.0. The van der Waals surface area contributed by atoms with Gasteiger partial charge in [0, 0.05) is 12.1 Å². The number of nitrogens with two attached hydrogens (primary N) is 1. The maximum atomic E-state index is 12.4. The Labute approximate surface area is 132 Å². The average Bonchev–Trinajstić information content (AvgIpc) is 2.46. The second-order valence-corrected chi connectivity index (χ2v) is 8.20. The van der Waals surface area contributed by atoms with Crippen LogP contribution >= 0.6 is 11.8 Å². The summed E-state index contributed by atoms with van der Waals surface area (Å²) in [5, 5.41) is 0. The molecule has 0 radical (unpaired) electrons. The average molecular weight is 331 g/mol. The molecule has 1 rings (SSSR count). The molecule has 120 valence electrons. The number of hydrogen-bond acceptors (Lipinski definition) is 4. The van der Waals surface area contributed by atoms with Crippen LogP contribution in [0.5, 0.6) is 0 Å². The molecule has 0 fully saturated rings. The van der Waals surface area contributed by atoms with Crippen molar-refractivity contribution in [1.82, 2.24) is 4.72 Å². The molecular formula is C15H26N2O2S2. The number of rotatable bonds is 9. The van der Waals surface area contributed by atoms with Gasteiger partial charge in [-0.15, -0.1) is 0 Å². The van der Waals surface area contributed by atoms with Crippen LogP contribution in [0.3, 0.4) is 0 Å². The van der Waals surface area contributed by atoms with E-state index >= 15 is 0 Å². The Morgan fingerprint density at radius 1 is 1.33 bits per heavy atom. The second kappa shape index (κ2) is 8.78. The summed E-state index contributed by atoms with van der Waals surface area (Å²) < 4.78 is 27.5. The zero-order chi connectivity index (χ0) is 15.9. The fourth-order valence-corrected chi connectivity index (χ4v) is 4.09. The van der Waals surface area contributed by atoms with Gasteiger partial charge in [0.1, 0.15) is 0 Å². The molecule has 3 N–H and O–H groups in total. The van der Waals surface area contributed by atoms with Crippen LogP contribution in [0.25, 0.3) is 0 Å². The molecule has 4 nitrogen and oxygen atoms in total. The smallest absolute Gasteiger partial charge is 0.240 e. The van der Waals surface area contributed by atoms with Gasteiger partial charge in [-0.1, -0.05) is 26.0 Å². The Bertz CT molecular complexity index is 532. The largest absolute Gasteiger partial charge is 0.324 e. The first kappa shape index (κ1) is 18.5. The highest BCUT2D eigenvalue weighted by Gasteiger charge is 2.18. The summed E-state index contributed by atoms with van der Waals surface area (Å²) in [6.45, 7) is 5.98. The summed E-state index contributed by atoms with van der Waals surface area (Å²) in [6.07, 6.45) is 1.60. The summed E-state index contributed by atoms with van der Waals surface area (Å²) in [6, 6.07) is 6.70. The van der Waals surface area contributed by atoms with E-state index in [0.29, 0.717) is 4.90 Å². The zero-order valence-corrected chi connectivity index (χ0v) is 14.6. The normalized spacial score (nSPS) is 14.9. The van der Waals surface area contributed by atoms with Gasteiger partial charge in [0.05, 0.1) is 4.90 Å². The van der Waals surface area contributed by atoms with Crippen molar-refractivity contribution in [1.29, 1.82) is 0 Å². The van der Waals surface area contributed by atoms with Crippen LogP contribution in [0.1, 0.15) is 45.2 Å². The summed E-state index contributed by atoms with van der Waals surface area (Å²) in [5.74, 6) is 2.01. The first-order chi connectivity index (χ1) is 9.90. The van der Waals surface area contributed by atoms with Gasteiger partial charge in [-0.25, -0.2) is 13.1 Å². The monoisotopic (exact) mass is 330 g/mol. The van der Waals surface area contributed by atoms with Gasteiger partial charge >= 0.3 is 0 Å². The molecule has 0 spiro atoms. The van der Waals surface area contributed by atoms with Crippen molar-refractivity contribution in [3.63, 3.8) is 0 Å². The summed E-state index contributed by atoms with van der Waals surface area (Å²) in [5.41, 5.74) is 6.83. The van der Waals surface area contributed by atoms with Crippen molar-refractivity contribution in [3.8, 4) is 0 Å². The van der Waals surface area contributed by atoms with Gasteiger partial charge in [0.15, 0.2) is 0 Å². The standard InChI is InChI=1S/C15H26N2O2S2/c1-4-15(16)13-7-6-8-14(11-13)21(18,19)17-12(3)9-10-20-5-2/h6-8,11-12,15,17H,4-5,9-10,16H2,1-3H3. The molecular weight excluding hydrogens is 304 g/mol. The molecule has 0 aliphatic carbocycles. The molecule has 2 atom stereocenters.